The molecule has 1 saturated heterocycles. The molecule has 0 saturated carbocycles. The first-order valence-corrected chi connectivity index (χ1v) is 5.01. The van der Waals surface area contributed by atoms with E-state index in [1.54, 1.807) is 0 Å². The molecule has 1 rings (SSSR count). The zero-order valence-corrected chi connectivity index (χ0v) is 8.89. The van der Waals surface area contributed by atoms with Gasteiger partial charge in [-0.2, -0.15) is 0 Å². The average Bonchev–Trinajstić information content (AvgIpc) is 2.05. The fourth-order valence-corrected chi connectivity index (χ4v) is 1.81. The Hall–Kier alpha value is -0.570. The molecule has 0 unspecified atom stereocenters. The van der Waals surface area contributed by atoms with Gasteiger partial charge in [0.1, 0.15) is 0 Å². The van der Waals surface area contributed by atoms with E-state index in [0.29, 0.717) is 5.84 Å². The third kappa shape index (κ3) is 2.69. The van der Waals surface area contributed by atoms with E-state index in [1.165, 1.54) is 0 Å². The zero-order chi connectivity index (χ0) is 9.90. The van der Waals surface area contributed by atoms with Crippen molar-refractivity contribution in [1.29, 1.82) is 5.41 Å². The first-order chi connectivity index (χ1) is 6.07. The summed E-state index contributed by atoms with van der Waals surface area (Å²) in [6.07, 6.45) is 2.08. The van der Waals surface area contributed by atoms with Gasteiger partial charge in [0.25, 0.3) is 0 Å². The SMILES string of the molecule is CCOC1(C)CCN(C(C)=N)CC1. The van der Waals surface area contributed by atoms with Crippen LogP contribution in [0.5, 0.6) is 0 Å². The zero-order valence-electron chi connectivity index (χ0n) is 8.89. The van der Waals surface area contributed by atoms with Crippen LogP contribution in [0.3, 0.4) is 0 Å². The molecule has 0 radical (unpaired) electrons. The number of hydrogen-bond acceptors (Lipinski definition) is 2. The van der Waals surface area contributed by atoms with Gasteiger partial charge >= 0.3 is 0 Å². The molecular formula is C10H20N2O. The van der Waals surface area contributed by atoms with Crippen LogP contribution < -0.4 is 0 Å². The molecule has 0 aromatic carbocycles. The highest BCUT2D eigenvalue weighted by Crippen LogP contribution is 2.25. The Morgan fingerprint density at radius 1 is 1.46 bits per heavy atom. The lowest BCUT2D eigenvalue weighted by molar-refractivity contribution is -0.0571. The Kier molecular flexibility index (Phi) is 3.31. The number of rotatable bonds is 2. The number of likely N-dealkylation sites (tertiary alicyclic amines) is 1. The standard InChI is InChI=1S/C10H20N2O/c1-4-13-10(3)5-7-12(8-6-10)9(2)11/h11H,4-8H2,1-3H3. The summed E-state index contributed by atoms with van der Waals surface area (Å²) in [4.78, 5) is 2.11. The van der Waals surface area contributed by atoms with Crippen molar-refractivity contribution in [3.05, 3.63) is 0 Å². The van der Waals surface area contributed by atoms with Crippen molar-refractivity contribution in [3.63, 3.8) is 0 Å². The van der Waals surface area contributed by atoms with Crippen LogP contribution >= 0.6 is 0 Å². The average molecular weight is 184 g/mol. The van der Waals surface area contributed by atoms with Gasteiger partial charge in [-0.05, 0) is 33.6 Å². The minimum Gasteiger partial charge on any atom is -0.375 e. The van der Waals surface area contributed by atoms with E-state index in [-0.39, 0.29) is 5.60 Å². The molecule has 0 bridgehead atoms. The van der Waals surface area contributed by atoms with E-state index in [0.717, 1.165) is 32.5 Å². The van der Waals surface area contributed by atoms with Crippen LogP contribution in [0.15, 0.2) is 0 Å². The van der Waals surface area contributed by atoms with Crippen molar-refractivity contribution in [2.24, 2.45) is 0 Å². The molecule has 0 spiro atoms. The summed E-state index contributed by atoms with van der Waals surface area (Å²) >= 11 is 0. The van der Waals surface area contributed by atoms with Gasteiger partial charge in [0.15, 0.2) is 0 Å². The lowest BCUT2D eigenvalue weighted by Gasteiger charge is -2.39. The summed E-state index contributed by atoms with van der Waals surface area (Å²) in [6, 6.07) is 0. The van der Waals surface area contributed by atoms with Crippen LogP contribution in [0.4, 0.5) is 0 Å². The molecule has 1 aliphatic heterocycles. The molecule has 1 N–H and O–H groups in total. The number of nitrogens with one attached hydrogen (secondary N) is 1. The second kappa shape index (κ2) is 4.09. The van der Waals surface area contributed by atoms with Crippen LogP contribution in [0.25, 0.3) is 0 Å². The maximum Gasteiger partial charge on any atom is 0.0925 e. The van der Waals surface area contributed by atoms with Crippen molar-refractivity contribution in [2.75, 3.05) is 19.7 Å². The minimum absolute atomic E-state index is 0.0562. The topological polar surface area (TPSA) is 36.3 Å². The monoisotopic (exact) mass is 184 g/mol. The predicted molar refractivity (Wildman–Crippen MR) is 54.2 cm³/mol. The summed E-state index contributed by atoms with van der Waals surface area (Å²) in [6.45, 7) is 8.79. The van der Waals surface area contributed by atoms with E-state index in [9.17, 15) is 0 Å². The number of hydrogen-bond donors (Lipinski definition) is 1. The van der Waals surface area contributed by atoms with E-state index in [4.69, 9.17) is 10.1 Å². The first-order valence-electron chi connectivity index (χ1n) is 5.01. The Balaban J connectivity index is 2.41. The predicted octanol–water partition coefficient (Wildman–Crippen LogP) is 1.87. The Labute approximate surface area is 80.6 Å². The maximum absolute atomic E-state index is 7.51. The fourth-order valence-electron chi connectivity index (χ4n) is 1.81. The summed E-state index contributed by atoms with van der Waals surface area (Å²) in [5.74, 6) is 0.679. The summed E-state index contributed by atoms with van der Waals surface area (Å²) < 4.78 is 5.70. The molecule has 1 heterocycles. The molecule has 76 valence electrons. The van der Waals surface area contributed by atoms with Gasteiger partial charge in [-0.3, -0.25) is 5.41 Å². The largest absolute Gasteiger partial charge is 0.375 e. The molecule has 1 fully saturated rings. The highest BCUT2D eigenvalue weighted by atomic mass is 16.5. The Morgan fingerprint density at radius 3 is 2.38 bits per heavy atom. The van der Waals surface area contributed by atoms with Gasteiger partial charge in [-0.1, -0.05) is 0 Å². The minimum atomic E-state index is 0.0562. The molecule has 0 aromatic rings. The molecule has 0 aromatic heterocycles. The molecule has 0 amide bonds. The second-order valence-corrected chi connectivity index (χ2v) is 3.96. The number of ether oxygens (including phenoxy) is 1. The van der Waals surface area contributed by atoms with E-state index >= 15 is 0 Å². The molecule has 0 atom stereocenters. The number of piperidine rings is 1. The molecule has 3 nitrogen and oxygen atoms in total. The van der Waals surface area contributed by atoms with Crippen molar-refractivity contribution in [3.8, 4) is 0 Å². The maximum atomic E-state index is 7.51. The van der Waals surface area contributed by atoms with Crippen LogP contribution in [0.1, 0.15) is 33.6 Å². The molecule has 0 aliphatic carbocycles. The fraction of sp³-hybridized carbons (Fsp3) is 0.900. The van der Waals surface area contributed by atoms with Gasteiger partial charge < -0.3 is 9.64 Å². The third-order valence-electron chi connectivity index (χ3n) is 2.79. The summed E-state index contributed by atoms with van der Waals surface area (Å²) in [5.41, 5.74) is 0.0562. The lowest BCUT2D eigenvalue weighted by Crippen LogP contribution is -2.45. The van der Waals surface area contributed by atoms with Gasteiger partial charge in [0.05, 0.1) is 11.4 Å². The third-order valence-corrected chi connectivity index (χ3v) is 2.79. The van der Waals surface area contributed by atoms with Crippen LogP contribution in [-0.4, -0.2) is 36.0 Å². The molecular weight excluding hydrogens is 164 g/mol. The molecule has 1 aliphatic rings. The van der Waals surface area contributed by atoms with Gasteiger partial charge in [0, 0.05) is 19.7 Å². The highest BCUT2D eigenvalue weighted by molar-refractivity contribution is 5.76. The second-order valence-electron chi connectivity index (χ2n) is 3.96. The van der Waals surface area contributed by atoms with Crippen molar-refractivity contribution < 1.29 is 4.74 Å². The molecule has 3 heteroatoms. The van der Waals surface area contributed by atoms with E-state index in [1.807, 2.05) is 13.8 Å². The Bertz CT molecular complexity index is 183. The van der Waals surface area contributed by atoms with Crippen molar-refractivity contribution >= 4 is 5.84 Å². The summed E-state index contributed by atoms with van der Waals surface area (Å²) in [5, 5.41) is 7.51. The Morgan fingerprint density at radius 2 is 2.00 bits per heavy atom. The smallest absolute Gasteiger partial charge is 0.0925 e. The normalized spacial score (nSPS) is 21.6. The quantitative estimate of drug-likeness (QED) is 0.525. The number of amidine groups is 1. The van der Waals surface area contributed by atoms with Gasteiger partial charge in [0.2, 0.25) is 0 Å². The summed E-state index contributed by atoms with van der Waals surface area (Å²) in [7, 11) is 0. The van der Waals surface area contributed by atoms with Crippen LogP contribution in [-0.2, 0) is 4.74 Å². The first kappa shape index (κ1) is 10.5. The van der Waals surface area contributed by atoms with Gasteiger partial charge in [-0.15, -0.1) is 0 Å². The van der Waals surface area contributed by atoms with E-state index < -0.39 is 0 Å². The van der Waals surface area contributed by atoms with Crippen LogP contribution in [0.2, 0.25) is 0 Å². The van der Waals surface area contributed by atoms with Crippen LogP contribution in [0, 0.1) is 5.41 Å². The van der Waals surface area contributed by atoms with Gasteiger partial charge in [-0.25, -0.2) is 0 Å². The van der Waals surface area contributed by atoms with Crippen molar-refractivity contribution in [2.45, 2.75) is 39.2 Å². The van der Waals surface area contributed by atoms with E-state index in [2.05, 4.69) is 11.8 Å². The molecule has 13 heavy (non-hydrogen) atoms. The highest BCUT2D eigenvalue weighted by Gasteiger charge is 2.30. The number of nitrogens with zero attached hydrogens (tertiary/aromatic N) is 1. The van der Waals surface area contributed by atoms with Crippen molar-refractivity contribution in [1.82, 2.24) is 4.90 Å². The lowest BCUT2D eigenvalue weighted by atomic mass is 9.93.